The molecular formula is C36H56BrNO9. The zero-order chi connectivity index (χ0) is 33.2. The van der Waals surface area contributed by atoms with Gasteiger partial charge in [0.25, 0.3) is 0 Å². The van der Waals surface area contributed by atoms with Gasteiger partial charge in [-0.25, -0.2) is 4.79 Å². The van der Waals surface area contributed by atoms with Crippen LogP contribution in [0.15, 0.2) is 12.2 Å². The fourth-order valence-corrected chi connectivity index (χ4v) is 8.88. The topological polar surface area (TPSA) is 130 Å². The molecule has 4 fully saturated rings. The second kappa shape index (κ2) is 18.3. The SMILES string of the molecule is CO[C@H]1O[C@H](CO)[C@@H](OC(=O)NC2CCC(Br)CC2)[C@@H]2OC(=O)[C@@H](CC3CCCCC3)C/C=C\C[C@H](CC3CCCCC3)C(=O)O[C@@H]12. The number of esters is 2. The Morgan fingerprint density at radius 2 is 1.36 bits per heavy atom. The molecule has 10 nitrogen and oxygen atoms in total. The highest BCUT2D eigenvalue weighted by molar-refractivity contribution is 9.09. The van der Waals surface area contributed by atoms with Gasteiger partial charge in [-0.1, -0.05) is 92.3 Å². The number of allylic oxidation sites excluding steroid dienone is 2. The van der Waals surface area contributed by atoms with E-state index >= 15 is 0 Å². The summed E-state index contributed by atoms with van der Waals surface area (Å²) in [7, 11) is 1.42. The van der Waals surface area contributed by atoms with Gasteiger partial charge < -0.3 is 34.1 Å². The largest absolute Gasteiger partial charge is 0.454 e. The average molecular weight is 727 g/mol. The number of carbonyl (C=O) groups excluding carboxylic acids is 3. The summed E-state index contributed by atoms with van der Waals surface area (Å²) in [4.78, 5) is 41.7. The summed E-state index contributed by atoms with van der Waals surface area (Å²) in [5, 5.41) is 13.3. The van der Waals surface area contributed by atoms with Crippen LogP contribution in [0.4, 0.5) is 4.79 Å². The molecule has 3 saturated carbocycles. The molecule has 0 spiro atoms. The first-order valence-electron chi connectivity index (χ1n) is 18.3. The monoisotopic (exact) mass is 725 g/mol. The van der Waals surface area contributed by atoms with E-state index in [1.54, 1.807) is 0 Å². The molecule has 1 amide bonds. The van der Waals surface area contributed by atoms with Crippen molar-refractivity contribution in [1.29, 1.82) is 0 Å². The van der Waals surface area contributed by atoms with Crippen LogP contribution in [0.5, 0.6) is 0 Å². The molecule has 1 saturated heterocycles. The highest BCUT2D eigenvalue weighted by atomic mass is 79.9. The lowest BCUT2D eigenvalue weighted by molar-refractivity contribution is -0.301. The number of alkyl carbamates (subject to hydrolysis) is 1. The molecule has 2 N–H and O–H groups in total. The molecule has 2 heterocycles. The smallest absolute Gasteiger partial charge is 0.407 e. The van der Waals surface area contributed by atoms with Gasteiger partial charge in [-0.3, -0.25) is 9.59 Å². The fraction of sp³-hybridized carbons (Fsp3) is 0.861. The van der Waals surface area contributed by atoms with Gasteiger partial charge in [0, 0.05) is 18.0 Å². The minimum Gasteiger partial charge on any atom is -0.454 e. The van der Waals surface area contributed by atoms with E-state index in [1.165, 1.54) is 45.6 Å². The number of amides is 1. The molecule has 5 rings (SSSR count). The van der Waals surface area contributed by atoms with Crippen LogP contribution in [0.2, 0.25) is 0 Å². The van der Waals surface area contributed by atoms with Crippen LogP contribution in [0.3, 0.4) is 0 Å². The molecule has 0 aromatic rings. The molecule has 0 aromatic carbocycles. The van der Waals surface area contributed by atoms with Crippen molar-refractivity contribution in [3.8, 4) is 0 Å². The standard InChI is InChI=1S/C36H56BrNO9/c1-43-35-32-31(30(29(22-39)44-35)47-36(42)38-28-18-16-27(37)17-19-28)45-33(40)25(20-23-10-4-2-5-11-23)14-8-9-15-26(34(41)46-32)21-24-12-6-3-7-13-24/h8-9,23-32,35,39H,2-7,10-22H2,1H3,(H,38,42)/b9-8-/t25-,26-,27?,28?,29-,30-,31+,32-,35+/m1/s1. The normalized spacial score (nSPS) is 37.3. The number of hydrogen-bond donors (Lipinski definition) is 2. The Morgan fingerprint density at radius 3 is 1.87 bits per heavy atom. The minimum absolute atomic E-state index is 0.0557. The Labute approximate surface area is 288 Å². The van der Waals surface area contributed by atoms with E-state index in [1.807, 2.05) is 12.2 Å². The maximum atomic E-state index is 14.0. The third-order valence-electron chi connectivity index (χ3n) is 11.1. The van der Waals surface area contributed by atoms with Crippen molar-refractivity contribution in [2.45, 2.75) is 157 Å². The van der Waals surface area contributed by atoms with E-state index in [2.05, 4.69) is 21.2 Å². The van der Waals surface area contributed by atoms with E-state index < -0.39 is 61.3 Å². The van der Waals surface area contributed by atoms with Gasteiger partial charge in [0.1, 0.15) is 6.10 Å². The number of aliphatic hydroxyl groups is 1. The van der Waals surface area contributed by atoms with Crippen LogP contribution in [-0.2, 0) is 33.3 Å². The van der Waals surface area contributed by atoms with Gasteiger partial charge in [0.15, 0.2) is 24.6 Å². The first kappa shape index (κ1) is 36.6. The Morgan fingerprint density at radius 1 is 0.830 bits per heavy atom. The lowest BCUT2D eigenvalue weighted by Crippen LogP contribution is -2.63. The van der Waals surface area contributed by atoms with Crippen LogP contribution in [-0.4, -0.2) is 78.4 Å². The van der Waals surface area contributed by atoms with Crippen LogP contribution in [0, 0.1) is 23.7 Å². The Hall–Kier alpha value is -1.69. The van der Waals surface area contributed by atoms with E-state index in [9.17, 15) is 19.5 Å². The molecule has 0 unspecified atom stereocenters. The Balaban J connectivity index is 1.41. The zero-order valence-electron chi connectivity index (χ0n) is 28.0. The van der Waals surface area contributed by atoms with Crippen molar-refractivity contribution in [1.82, 2.24) is 5.32 Å². The predicted octanol–water partition coefficient (Wildman–Crippen LogP) is 6.50. The number of aliphatic hydroxyl groups excluding tert-OH is 1. The summed E-state index contributed by atoms with van der Waals surface area (Å²) in [6.07, 6.45) is 15.0. The summed E-state index contributed by atoms with van der Waals surface area (Å²) in [5.74, 6) is -0.713. The molecule has 11 heteroatoms. The third kappa shape index (κ3) is 10.4. The number of nitrogens with one attached hydrogen (secondary N) is 1. The summed E-state index contributed by atoms with van der Waals surface area (Å²) >= 11 is 3.65. The first-order chi connectivity index (χ1) is 22.8. The maximum absolute atomic E-state index is 14.0. The summed E-state index contributed by atoms with van der Waals surface area (Å²) in [6, 6.07) is -0.0557. The van der Waals surface area contributed by atoms with E-state index in [0.717, 1.165) is 57.8 Å². The van der Waals surface area contributed by atoms with Crippen molar-refractivity contribution in [2.75, 3.05) is 13.7 Å². The fourth-order valence-electron chi connectivity index (χ4n) is 8.35. The summed E-state index contributed by atoms with van der Waals surface area (Å²) in [5.41, 5.74) is 0. The molecule has 7 atom stereocenters. The van der Waals surface area contributed by atoms with Gasteiger partial charge in [0.05, 0.1) is 18.4 Å². The van der Waals surface area contributed by atoms with Crippen molar-refractivity contribution >= 4 is 34.0 Å². The van der Waals surface area contributed by atoms with Crippen molar-refractivity contribution in [3.63, 3.8) is 0 Å². The number of halogens is 1. The molecular weight excluding hydrogens is 670 g/mol. The molecule has 5 aliphatic rings. The summed E-state index contributed by atoms with van der Waals surface area (Å²) < 4.78 is 30.1. The number of alkyl halides is 1. The number of ether oxygens (including phenoxy) is 5. The van der Waals surface area contributed by atoms with Crippen LogP contribution in [0.25, 0.3) is 0 Å². The number of hydrogen-bond acceptors (Lipinski definition) is 9. The van der Waals surface area contributed by atoms with Gasteiger partial charge in [-0.05, 0) is 63.2 Å². The van der Waals surface area contributed by atoms with Crippen molar-refractivity contribution < 1.29 is 43.2 Å². The first-order valence-corrected chi connectivity index (χ1v) is 19.2. The zero-order valence-corrected chi connectivity index (χ0v) is 29.6. The van der Waals surface area contributed by atoms with E-state index in [0.29, 0.717) is 35.9 Å². The lowest BCUT2D eigenvalue weighted by Gasteiger charge is -2.44. The second-order valence-electron chi connectivity index (χ2n) is 14.5. The number of carbonyl (C=O) groups is 3. The predicted molar refractivity (Wildman–Crippen MR) is 179 cm³/mol. The molecule has 0 bridgehead atoms. The Bertz CT molecular complexity index is 1040. The third-order valence-corrected chi connectivity index (χ3v) is 12.0. The molecule has 47 heavy (non-hydrogen) atoms. The quantitative estimate of drug-likeness (QED) is 0.125. The van der Waals surface area contributed by atoms with Crippen LogP contribution >= 0.6 is 15.9 Å². The van der Waals surface area contributed by atoms with Crippen LogP contribution < -0.4 is 5.32 Å². The molecule has 0 radical (unpaired) electrons. The second-order valence-corrected chi connectivity index (χ2v) is 15.8. The molecule has 0 aromatic heterocycles. The maximum Gasteiger partial charge on any atom is 0.407 e. The van der Waals surface area contributed by atoms with E-state index in [4.69, 9.17) is 23.7 Å². The van der Waals surface area contributed by atoms with Gasteiger partial charge in [-0.2, -0.15) is 0 Å². The van der Waals surface area contributed by atoms with Gasteiger partial charge >= 0.3 is 18.0 Å². The lowest BCUT2D eigenvalue weighted by atomic mass is 9.81. The molecule has 2 aliphatic heterocycles. The number of fused-ring (bicyclic) bond motifs is 1. The van der Waals surface area contributed by atoms with Crippen molar-refractivity contribution in [3.05, 3.63) is 12.2 Å². The highest BCUT2D eigenvalue weighted by Crippen LogP contribution is 2.36. The molecule has 3 aliphatic carbocycles. The molecule has 266 valence electrons. The Kier molecular flexibility index (Phi) is 14.3. The van der Waals surface area contributed by atoms with Crippen molar-refractivity contribution in [2.24, 2.45) is 23.7 Å². The minimum atomic E-state index is -1.22. The number of rotatable bonds is 8. The van der Waals surface area contributed by atoms with Gasteiger partial charge in [-0.15, -0.1) is 0 Å². The number of methoxy groups -OCH3 is 1. The average Bonchev–Trinajstić information content (AvgIpc) is 3.08. The van der Waals surface area contributed by atoms with E-state index in [-0.39, 0.29) is 12.0 Å². The summed E-state index contributed by atoms with van der Waals surface area (Å²) in [6.45, 7) is -0.514. The highest BCUT2D eigenvalue weighted by Gasteiger charge is 2.53. The van der Waals surface area contributed by atoms with Gasteiger partial charge in [0.2, 0.25) is 0 Å². The van der Waals surface area contributed by atoms with Crippen LogP contribution in [0.1, 0.15) is 116 Å².